The van der Waals surface area contributed by atoms with Gasteiger partial charge in [0.1, 0.15) is 17.1 Å². The Morgan fingerprint density at radius 2 is 1.78 bits per heavy atom. The van der Waals surface area contributed by atoms with E-state index in [0.717, 1.165) is 28.7 Å². The molecule has 13 heteroatoms. The molecule has 1 saturated heterocycles. The van der Waals surface area contributed by atoms with Gasteiger partial charge in [0.2, 0.25) is 15.9 Å². The molecule has 2 amide bonds. The standard InChI is InChI=1S/C28H26N4O6S3/c1-3-17-15-39-26-22(30-21(33)14-20-16-40-28(29-20)31-41(2,36)37)25(34)32(26)23(17)27(35)38-24(18-10-6-4-7-11-18)19-12-8-5-9-13-19/h3-13,16,22,24,26H,1,14-15H2,2H3,(H,29,31)(H,30,33)/t22?,26-/m1/s1. The Morgan fingerprint density at radius 3 is 2.37 bits per heavy atom. The SMILES string of the molecule is C=CC1=C(C(=O)OC(c2ccccc2)c2ccccc2)N2C(=O)C(NC(=O)Cc3csc(NS(C)(=O)=O)n3)[C@H]2SC1. The number of ether oxygens (including phenoxy) is 1. The Bertz CT molecular complexity index is 1580. The van der Waals surface area contributed by atoms with Crippen molar-refractivity contribution in [2.75, 3.05) is 16.7 Å². The molecule has 5 rings (SSSR count). The highest BCUT2D eigenvalue weighted by molar-refractivity contribution is 8.00. The van der Waals surface area contributed by atoms with Crippen molar-refractivity contribution >= 4 is 56.0 Å². The summed E-state index contributed by atoms with van der Waals surface area (Å²) in [6.45, 7) is 3.82. The largest absolute Gasteiger partial charge is 0.448 e. The van der Waals surface area contributed by atoms with E-state index in [0.29, 0.717) is 17.0 Å². The lowest BCUT2D eigenvalue weighted by molar-refractivity contribution is -0.154. The van der Waals surface area contributed by atoms with Crippen molar-refractivity contribution in [3.8, 4) is 0 Å². The van der Waals surface area contributed by atoms with Gasteiger partial charge in [0.15, 0.2) is 11.2 Å². The molecule has 2 aromatic carbocycles. The number of carbonyl (C=O) groups is 3. The molecule has 2 N–H and O–H groups in total. The van der Waals surface area contributed by atoms with E-state index < -0.39 is 45.3 Å². The number of allylic oxidation sites excluding steroid dienone is 1. The number of aromatic nitrogens is 1. The van der Waals surface area contributed by atoms with E-state index in [4.69, 9.17) is 4.74 Å². The number of hydrogen-bond acceptors (Lipinski definition) is 9. The van der Waals surface area contributed by atoms with Crippen LogP contribution in [0.25, 0.3) is 0 Å². The maximum Gasteiger partial charge on any atom is 0.356 e. The van der Waals surface area contributed by atoms with Crippen LogP contribution in [0.3, 0.4) is 0 Å². The first-order valence-corrected chi connectivity index (χ1v) is 16.3. The topological polar surface area (TPSA) is 135 Å². The number of esters is 1. The van der Waals surface area contributed by atoms with Crippen LogP contribution >= 0.6 is 23.1 Å². The molecule has 0 bridgehead atoms. The third-order valence-electron chi connectivity index (χ3n) is 6.35. The Labute approximate surface area is 245 Å². The molecule has 2 aliphatic heterocycles. The number of anilines is 1. The van der Waals surface area contributed by atoms with Crippen LogP contribution in [0.5, 0.6) is 0 Å². The highest BCUT2D eigenvalue weighted by Gasteiger charge is 2.54. The van der Waals surface area contributed by atoms with E-state index in [1.54, 1.807) is 11.5 Å². The van der Waals surface area contributed by atoms with Crippen LogP contribution in [0.2, 0.25) is 0 Å². The van der Waals surface area contributed by atoms with E-state index in [9.17, 15) is 22.8 Å². The Morgan fingerprint density at radius 1 is 1.15 bits per heavy atom. The Balaban J connectivity index is 1.30. The summed E-state index contributed by atoms with van der Waals surface area (Å²) >= 11 is 2.47. The van der Waals surface area contributed by atoms with Gasteiger partial charge in [-0.2, -0.15) is 0 Å². The summed E-state index contributed by atoms with van der Waals surface area (Å²) in [6.07, 6.45) is 1.73. The van der Waals surface area contributed by atoms with Gasteiger partial charge < -0.3 is 10.1 Å². The molecule has 0 saturated carbocycles. The van der Waals surface area contributed by atoms with E-state index >= 15 is 0 Å². The van der Waals surface area contributed by atoms with Gasteiger partial charge in [0, 0.05) is 11.1 Å². The van der Waals surface area contributed by atoms with Gasteiger partial charge in [-0.15, -0.1) is 23.1 Å². The normalized spacial score (nSPS) is 18.4. The molecule has 2 aliphatic rings. The van der Waals surface area contributed by atoms with E-state index in [2.05, 4.69) is 21.6 Å². The van der Waals surface area contributed by atoms with Crippen LogP contribution < -0.4 is 10.0 Å². The molecule has 41 heavy (non-hydrogen) atoms. The third-order valence-corrected chi connectivity index (χ3v) is 9.15. The molecule has 3 heterocycles. The maximum atomic E-state index is 13.7. The van der Waals surface area contributed by atoms with Crippen LogP contribution in [0, 0.1) is 0 Å². The van der Waals surface area contributed by atoms with Crippen molar-refractivity contribution < 1.29 is 27.5 Å². The number of β-lactam (4-membered cyclic amide) rings is 1. The molecule has 1 aromatic heterocycles. The molecule has 2 atom stereocenters. The number of nitrogens with one attached hydrogen (secondary N) is 2. The smallest absolute Gasteiger partial charge is 0.356 e. The highest BCUT2D eigenvalue weighted by Crippen LogP contribution is 2.42. The summed E-state index contributed by atoms with van der Waals surface area (Å²) in [5.74, 6) is -1.14. The monoisotopic (exact) mass is 610 g/mol. The second-order valence-electron chi connectivity index (χ2n) is 9.33. The molecule has 0 aliphatic carbocycles. The summed E-state index contributed by atoms with van der Waals surface area (Å²) in [5.41, 5.74) is 2.62. The number of carbonyl (C=O) groups excluding carboxylic acids is 3. The fraction of sp³-hybridized carbons (Fsp3) is 0.214. The highest BCUT2D eigenvalue weighted by atomic mass is 32.2. The lowest BCUT2D eigenvalue weighted by Crippen LogP contribution is -2.70. The number of hydrogen-bond donors (Lipinski definition) is 2. The van der Waals surface area contributed by atoms with Crippen LogP contribution in [0.1, 0.15) is 22.9 Å². The number of thioether (sulfide) groups is 1. The van der Waals surface area contributed by atoms with Crippen molar-refractivity contribution in [2.24, 2.45) is 0 Å². The second kappa shape index (κ2) is 11.9. The van der Waals surface area contributed by atoms with Crippen LogP contribution in [-0.2, 0) is 35.6 Å². The van der Waals surface area contributed by atoms with E-state index in [1.807, 2.05) is 60.7 Å². The van der Waals surface area contributed by atoms with Gasteiger partial charge in [-0.25, -0.2) is 18.2 Å². The van der Waals surface area contributed by atoms with Crippen LogP contribution in [-0.4, -0.2) is 59.5 Å². The summed E-state index contributed by atoms with van der Waals surface area (Å²) < 4.78 is 31.1. The Kier molecular flexibility index (Phi) is 8.29. The zero-order valence-electron chi connectivity index (χ0n) is 21.9. The quantitative estimate of drug-likeness (QED) is 0.264. The van der Waals surface area contributed by atoms with Crippen molar-refractivity contribution in [1.82, 2.24) is 15.2 Å². The molecule has 0 radical (unpaired) electrons. The van der Waals surface area contributed by atoms with Crippen LogP contribution in [0.4, 0.5) is 5.13 Å². The minimum Gasteiger partial charge on any atom is -0.448 e. The van der Waals surface area contributed by atoms with Crippen molar-refractivity contribution in [3.05, 3.63) is 107 Å². The first-order chi connectivity index (χ1) is 19.6. The number of fused-ring (bicyclic) bond motifs is 1. The minimum atomic E-state index is -3.49. The molecule has 10 nitrogen and oxygen atoms in total. The fourth-order valence-corrected chi connectivity index (χ4v) is 7.42. The lowest BCUT2D eigenvalue weighted by Gasteiger charge is -2.49. The minimum absolute atomic E-state index is 0.118. The van der Waals surface area contributed by atoms with Crippen LogP contribution in [0.15, 0.2) is 90.0 Å². The van der Waals surface area contributed by atoms with Gasteiger partial charge in [0.25, 0.3) is 5.91 Å². The molecular formula is C28H26N4O6S3. The van der Waals surface area contributed by atoms with E-state index in [-0.39, 0.29) is 17.2 Å². The van der Waals surface area contributed by atoms with E-state index in [1.165, 1.54) is 16.7 Å². The van der Waals surface area contributed by atoms with Gasteiger partial charge >= 0.3 is 5.97 Å². The van der Waals surface area contributed by atoms with Crippen molar-refractivity contribution in [3.63, 3.8) is 0 Å². The summed E-state index contributed by atoms with van der Waals surface area (Å²) in [7, 11) is -3.49. The number of benzene rings is 2. The summed E-state index contributed by atoms with van der Waals surface area (Å²) in [6, 6.07) is 17.8. The first kappa shape index (κ1) is 28.6. The average molecular weight is 611 g/mol. The number of thiazole rings is 1. The van der Waals surface area contributed by atoms with Gasteiger partial charge in [-0.05, 0) is 16.7 Å². The second-order valence-corrected chi connectivity index (χ2v) is 13.0. The average Bonchev–Trinajstić information content (AvgIpc) is 3.39. The number of rotatable bonds is 10. The zero-order chi connectivity index (χ0) is 29.1. The molecular weight excluding hydrogens is 585 g/mol. The van der Waals surface area contributed by atoms with Gasteiger partial charge in [-0.1, -0.05) is 73.3 Å². The maximum absolute atomic E-state index is 13.7. The number of nitrogens with zero attached hydrogens (tertiary/aromatic N) is 2. The summed E-state index contributed by atoms with van der Waals surface area (Å²) in [4.78, 5) is 45.1. The molecule has 1 fully saturated rings. The van der Waals surface area contributed by atoms with Gasteiger partial charge in [0.05, 0.1) is 18.4 Å². The van der Waals surface area contributed by atoms with Crippen molar-refractivity contribution in [1.29, 1.82) is 0 Å². The molecule has 1 unspecified atom stereocenters. The fourth-order valence-electron chi connectivity index (χ4n) is 4.52. The predicted molar refractivity (Wildman–Crippen MR) is 157 cm³/mol. The lowest BCUT2D eigenvalue weighted by atomic mass is 10.0. The number of amides is 2. The predicted octanol–water partition coefficient (Wildman–Crippen LogP) is 3.23. The third kappa shape index (κ3) is 6.37. The molecule has 212 valence electrons. The Hall–Kier alpha value is -3.94. The number of sulfonamides is 1. The summed E-state index contributed by atoms with van der Waals surface area (Å²) in [5, 5.41) is 3.95. The van der Waals surface area contributed by atoms with Crippen molar-refractivity contribution in [2.45, 2.75) is 23.9 Å². The molecule has 0 spiro atoms. The molecule has 3 aromatic rings. The first-order valence-electron chi connectivity index (χ1n) is 12.5. The van der Waals surface area contributed by atoms with Gasteiger partial charge in [-0.3, -0.25) is 19.2 Å². The zero-order valence-corrected chi connectivity index (χ0v) is 24.3.